The number of thioether (sulfide) groups is 1. The number of carbonyl (C=O) groups excluding carboxylic acids is 1. The van der Waals surface area contributed by atoms with Crippen molar-refractivity contribution in [3.8, 4) is 0 Å². The third-order valence-corrected chi connectivity index (χ3v) is 5.41. The molecule has 0 unspecified atom stereocenters. The van der Waals surface area contributed by atoms with Crippen LogP contribution in [-0.2, 0) is 0 Å². The van der Waals surface area contributed by atoms with Crippen molar-refractivity contribution < 1.29 is 4.79 Å². The van der Waals surface area contributed by atoms with Crippen molar-refractivity contribution in [2.45, 2.75) is 12.8 Å². The third-order valence-electron chi connectivity index (χ3n) is 3.12. The molecule has 2 rings (SSSR count). The van der Waals surface area contributed by atoms with Crippen LogP contribution in [0.25, 0.3) is 0 Å². The highest BCUT2D eigenvalue weighted by Crippen LogP contribution is 2.27. The van der Waals surface area contributed by atoms with E-state index in [1.807, 2.05) is 30.8 Å². The van der Waals surface area contributed by atoms with Crippen molar-refractivity contribution in [1.29, 1.82) is 0 Å². The second-order valence-electron chi connectivity index (χ2n) is 4.87. The number of nitrogen functional groups attached to an aromatic ring is 1. The van der Waals surface area contributed by atoms with E-state index in [0.717, 1.165) is 11.7 Å². The molecule has 1 aliphatic heterocycles. The Morgan fingerprint density at radius 2 is 2.16 bits per heavy atom. The zero-order valence-corrected chi connectivity index (χ0v) is 12.9. The van der Waals surface area contributed by atoms with Gasteiger partial charge in [-0.25, -0.2) is 4.98 Å². The van der Waals surface area contributed by atoms with E-state index in [1.54, 1.807) is 0 Å². The third kappa shape index (κ3) is 3.76. The number of nitrogens with two attached hydrogens (primary N) is 1. The number of nitrogens with one attached hydrogen (secondary N) is 1. The molecule has 5 nitrogen and oxygen atoms in total. The smallest absolute Gasteiger partial charge is 0.265 e. The minimum atomic E-state index is -0.0960. The van der Waals surface area contributed by atoms with E-state index in [9.17, 15) is 4.79 Å². The van der Waals surface area contributed by atoms with E-state index in [2.05, 4.69) is 10.3 Å². The van der Waals surface area contributed by atoms with Crippen LogP contribution in [0.4, 0.5) is 10.9 Å². The van der Waals surface area contributed by atoms with Crippen molar-refractivity contribution in [2.24, 2.45) is 5.92 Å². The first-order chi connectivity index (χ1) is 9.08. The van der Waals surface area contributed by atoms with Crippen LogP contribution in [0.2, 0.25) is 0 Å². The largest absolute Gasteiger partial charge is 0.382 e. The molecule has 1 aromatic rings. The molecular formula is C12H20N4OS2. The second-order valence-corrected chi connectivity index (χ2v) is 7.07. The lowest BCUT2D eigenvalue weighted by atomic mass is 10.0. The highest BCUT2D eigenvalue weighted by atomic mass is 32.2. The minimum absolute atomic E-state index is 0.0960. The number of thiazole rings is 1. The molecule has 1 amide bonds. The van der Waals surface area contributed by atoms with Crippen LogP contribution in [0.3, 0.4) is 0 Å². The molecule has 0 spiro atoms. The summed E-state index contributed by atoms with van der Waals surface area (Å²) < 4.78 is 0. The van der Waals surface area contributed by atoms with Gasteiger partial charge in [0.2, 0.25) is 0 Å². The Morgan fingerprint density at radius 1 is 1.47 bits per heavy atom. The fourth-order valence-electron chi connectivity index (χ4n) is 1.94. The van der Waals surface area contributed by atoms with Gasteiger partial charge >= 0.3 is 0 Å². The van der Waals surface area contributed by atoms with Crippen LogP contribution >= 0.6 is 23.1 Å². The number of aromatic nitrogens is 1. The van der Waals surface area contributed by atoms with E-state index >= 15 is 0 Å². The standard InChI is InChI=1S/C12H20N4OS2/c1-16(2)12-15-10(13)9(19-12)11(17)14-7-8-3-5-18-6-4-8/h8H,3-7,13H2,1-2H3,(H,14,17). The molecule has 106 valence electrons. The monoisotopic (exact) mass is 300 g/mol. The highest BCUT2D eigenvalue weighted by Gasteiger charge is 2.19. The average Bonchev–Trinajstić information content (AvgIpc) is 2.80. The summed E-state index contributed by atoms with van der Waals surface area (Å²) in [5, 5.41) is 3.75. The molecule has 1 aromatic heterocycles. The van der Waals surface area contributed by atoms with Crippen LogP contribution in [-0.4, -0.2) is 43.0 Å². The molecule has 0 radical (unpaired) electrons. The maximum Gasteiger partial charge on any atom is 0.265 e. The van der Waals surface area contributed by atoms with E-state index in [1.165, 1.54) is 35.7 Å². The molecule has 0 aliphatic carbocycles. The Labute approximate surface area is 122 Å². The molecule has 7 heteroatoms. The van der Waals surface area contributed by atoms with Crippen LogP contribution in [0.15, 0.2) is 0 Å². The molecule has 1 saturated heterocycles. The van der Waals surface area contributed by atoms with Gasteiger partial charge in [-0.3, -0.25) is 4.79 Å². The van der Waals surface area contributed by atoms with Crippen LogP contribution in [0, 0.1) is 5.92 Å². The van der Waals surface area contributed by atoms with E-state index < -0.39 is 0 Å². The fourth-order valence-corrected chi connectivity index (χ4v) is 3.97. The summed E-state index contributed by atoms with van der Waals surface area (Å²) in [6, 6.07) is 0. The Morgan fingerprint density at radius 3 is 2.74 bits per heavy atom. The minimum Gasteiger partial charge on any atom is -0.382 e. The number of carbonyl (C=O) groups is 1. The first kappa shape index (κ1) is 14.5. The topological polar surface area (TPSA) is 71.2 Å². The lowest BCUT2D eigenvalue weighted by Crippen LogP contribution is -2.30. The van der Waals surface area contributed by atoms with Crippen molar-refractivity contribution in [1.82, 2.24) is 10.3 Å². The van der Waals surface area contributed by atoms with Gasteiger partial charge in [-0.15, -0.1) is 0 Å². The Balaban J connectivity index is 1.92. The van der Waals surface area contributed by atoms with Crippen LogP contribution < -0.4 is 16.0 Å². The van der Waals surface area contributed by atoms with Gasteiger partial charge in [0, 0.05) is 20.6 Å². The molecule has 1 fully saturated rings. The van der Waals surface area contributed by atoms with Gasteiger partial charge in [-0.2, -0.15) is 11.8 Å². The number of hydrogen-bond acceptors (Lipinski definition) is 6. The van der Waals surface area contributed by atoms with Gasteiger partial charge in [-0.05, 0) is 30.3 Å². The lowest BCUT2D eigenvalue weighted by molar-refractivity contribution is 0.0951. The molecule has 3 N–H and O–H groups in total. The summed E-state index contributed by atoms with van der Waals surface area (Å²) in [4.78, 5) is 18.7. The van der Waals surface area contributed by atoms with Crippen molar-refractivity contribution in [3.63, 3.8) is 0 Å². The molecule has 19 heavy (non-hydrogen) atoms. The van der Waals surface area contributed by atoms with Crippen molar-refractivity contribution in [3.05, 3.63) is 4.88 Å². The number of anilines is 2. The Kier molecular flexibility index (Phi) is 4.93. The van der Waals surface area contributed by atoms with Gasteiger partial charge in [0.05, 0.1) is 0 Å². The Hall–Kier alpha value is -0.950. The first-order valence-corrected chi connectivity index (χ1v) is 8.34. The summed E-state index contributed by atoms with van der Waals surface area (Å²) in [6.45, 7) is 0.744. The summed E-state index contributed by atoms with van der Waals surface area (Å²) >= 11 is 3.33. The molecule has 0 bridgehead atoms. The van der Waals surface area contributed by atoms with Crippen LogP contribution in [0.5, 0.6) is 0 Å². The average molecular weight is 300 g/mol. The Bertz CT molecular complexity index is 441. The quantitative estimate of drug-likeness (QED) is 0.885. The predicted molar refractivity (Wildman–Crippen MR) is 83.2 cm³/mol. The SMILES string of the molecule is CN(C)c1nc(N)c(C(=O)NCC2CCSCC2)s1. The molecule has 0 aromatic carbocycles. The van der Waals surface area contributed by atoms with E-state index in [0.29, 0.717) is 16.6 Å². The van der Waals surface area contributed by atoms with Gasteiger partial charge in [0.15, 0.2) is 5.13 Å². The maximum absolute atomic E-state index is 12.1. The van der Waals surface area contributed by atoms with E-state index in [-0.39, 0.29) is 5.91 Å². The number of amides is 1. The molecule has 1 aliphatic rings. The number of rotatable bonds is 4. The zero-order valence-electron chi connectivity index (χ0n) is 11.3. The normalized spacial score (nSPS) is 16.3. The number of nitrogens with zero attached hydrogens (tertiary/aromatic N) is 2. The summed E-state index contributed by atoms with van der Waals surface area (Å²) in [5.41, 5.74) is 5.80. The van der Waals surface area contributed by atoms with Gasteiger partial charge in [0.25, 0.3) is 5.91 Å². The van der Waals surface area contributed by atoms with Gasteiger partial charge in [-0.1, -0.05) is 11.3 Å². The van der Waals surface area contributed by atoms with Crippen molar-refractivity contribution >= 4 is 40.0 Å². The van der Waals surface area contributed by atoms with E-state index in [4.69, 9.17) is 5.73 Å². The summed E-state index contributed by atoms with van der Waals surface area (Å²) in [7, 11) is 3.78. The molecule has 0 atom stereocenters. The molecule has 0 saturated carbocycles. The van der Waals surface area contributed by atoms with Gasteiger partial charge in [0.1, 0.15) is 10.7 Å². The predicted octanol–water partition coefficient (Wildman–Crippen LogP) is 1.66. The first-order valence-electron chi connectivity index (χ1n) is 6.37. The molecular weight excluding hydrogens is 280 g/mol. The lowest BCUT2D eigenvalue weighted by Gasteiger charge is -2.21. The van der Waals surface area contributed by atoms with Crippen LogP contribution in [0.1, 0.15) is 22.5 Å². The summed E-state index contributed by atoms with van der Waals surface area (Å²) in [5.74, 6) is 3.24. The van der Waals surface area contributed by atoms with Crippen molar-refractivity contribution in [2.75, 3.05) is 42.8 Å². The van der Waals surface area contributed by atoms with Gasteiger partial charge < -0.3 is 16.0 Å². The zero-order chi connectivity index (χ0) is 13.8. The number of hydrogen-bond donors (Lipinski definition) is 2. The second kappa shape index (κ2) is 6.47. The fraction of sp³-hybridized carbons (Fsp3) is 0.667. The summed E-state index contributed by atoms with van der Waals surface area (Å²) in [6.07, 6.45) is 2.37. The molecule has 2 heterocycles. The highest BCUT2D eigenvalue weighted by molar-refractivity contribution is 7.99. The maximum atomic E-state index is 12.1.